The van der Waals surface area contributed by atoms with Gasteiger partial charge in [0, 0.05) is 17.8 Å². The van der Waals surface area contributed by atoms with Crippen molar-refractivity contribution in [3.05, 3.63) is 52.6 Å². The summed E-state index contributed by atoms with van der Waals surface area (Å²) in [4.78, 5) is 34.5. The molecule has 0 fully saturated rings. The van der Waals surface area contributed by atoms with Crippen LogP contribution in [0.15, 0.2) is 42.5 Å². The summed E-state index contributed by atoms with van der Waals surface area (Å²) in [6, 6.07) is 10.6. The molecule has 2 aromatic rings. The van der Waals surface area contributed by atoms with E-state index in [1.807, 2.05) is 0 Å². The van der Waals surface area contributed by atoms with Gasteiger partial charge in [0.15, 0.2) is 30.0 Å². The molecule has 0 radical (unpaired) electrons. The minimum absolute atomic E-state index is 0.0668. The molecule has 2 aromatic carbocycles. The first-order chi connectivity index (χ1) is 13.9. The number of para-hydroxylation sites is 2. The Morgan fingerprint density at radius 1 is 1.17 bits per heavy atom. The highest BCUT2D eigenvalue weighted by atomic mass is 16.6. The number of ether oxygens (including phenoxy) is 4. The molecule has 1 aliphatic heterocycles. The summed E-state index contributed by atoms with van der Waals surface area (Å²) in [6.07, 6.45) is -1.11. The first kappa shape index (κ1) is 19.9. The number of hydrogen-bond donors (Lipinski definition) is 1. The molecular weight excluding hydrogens is 384 g/mol. The standard InChI is InChI=1S/C19H18N2O8/c1-12(19(23)20-13-6-7-16-17(10-13)27-9-8-26-16)29-18(22)11-28-15-5-3-2-4-14(15)21(24)25/h2-7,10,12H,8-9,11H2,1H3,(H,20,23)/t12-/m0/s1. The molecule has 0 aromatic heterocycles. The molecule has 0 saturated heterocycles. The van der Waals surface area contributed by atoms with Crippen LogP contribution in [-0.4, -0.2) is 42.7 Å². The van der Waals surface area contributed by atoms with Gasteiger partial charge < -0.3 is 24.3 Å². The smallest absolute Gasteiger partial charge is 0.344 e. The Hall–Kier alpha value is -3.82. The summed E-state index contributed by atoms with van der Waals surface area (Å²) in [5, 5.41) is 13.5. The van der Waals surface area contributed by atoms with Gasteiger partial charge in [-0.25, -0.2) is 4.79 Å². The maximum absolute atomic E-state index is 12.2. The van der Waals surface area contributed by atoms with E-state index in [4.69, 9.17) is 18.9 Å². The van der Waals surface area contributed by atoms with E-state index in [0.717, 1.165) is 0 Å². The lowest BCUT2D eigenvalue weighted by Crippen LogP contribution is -2.31. The van der Waals surface area contributed by atoms with Crippen molar-refractivity contribution in [3.63, 3.8) is 0 Å². The van der Waals surface area contributed by atoms with Crippen LogP contribution < -0.4 is 19.5 Å². The lowest BCUT2D eigenvalue weighted by Gasteiger charge is -2.19. The van der Waals surface area contributed by atoms with E-state index in [9.17, 15) is 19.7 Å². The van der Waals surface area contributed by atoms with Gasteiger partial charge in [0.05, 0.1) is 4.92 Å². The molecule has 0 aliphatic carbocycles. The predicted octanol–water partition coefficient (Wildman–Crippen LogP) is 2.32. The van der Waals surface area contributed by atoms with Gasteiger partial charge >= 0.3 is 11.7 Å². The molecule has 152 valence electrons. The Balaban J connectivity index is 1.52. The summed E-state index contributed by atoms with van der Waals surface area (Å²) in [5.74, 6) is -0.367. The number of nitrogens with zero attached hydrogens (tertiary/aromatic N) is 1. The summed E-state index contributed by atoms with van der Waals surface area (Å²) in [6.45, 7) is 1.70. The quantitative estimate of drug-likeness (QED) is 0.425. The van der Waals surface area contributed by atoms with Gasteiger partial charge in [-0.15, -0.1) is 0 Å². The summed E-state index contributed by atoms with van der Waals surface area (Å²) >= 11 is 0. The third-order valence-electron chi connectivity index (χ3n) is 3.89. The molecule has 0 spiro atoms. The van der Waals surface area contributed by atoms with Crippen LogP contribution in [0.4, 0.5) is 11.4 Å². The number of anilines is 1. The van der Waals surface area contributed by atoms with Crippen LogP contribution >= 0.6 is 0 Å². The summed E-state index contributed by atoms with van der Waals surface area (Å²) in [5.41, 5.74) is 0.183. The van der Waals surface area contributed by atoms with E-state index in [2.05, 4.69) is 5.32 Å². The highest BCUT2D eigenvalue weighted by Crippen LogP contribution is 2.32. The monoisotopic (exact) mass is 402 g/mol. The van der Waals surface area contributed by atoms with Crippen LogP contribution in [0.1, 0.15) is 6.92 Å². The lowest BCUT2D eigenvalue weighted by atomic mass is 10.2. The zero-order valence-electron chi connectivity index (χ0n) is 15.5. The second kappa shape index (κ2) is 8.91. The van der Waals surface area contributed by atoms with Crippen LogP contribution in [0, 0.1) is 10.1 Å². The largest absolute Gasteiger partial charge is 0.486 e. The van der Waals surface area contributed by atoms with Gasteiger partial charge in [-0.3, -0.25) is 14.9 Å². The average molecular weight is 402 g/mol. The van der Waals surface area contributed by atoms with E-state index in [1.165, 1.54) is 31.2 Å². The van der Waals surface area contributed by atoms with Crippen LogP contribution in [0.5, 0.6) is 17.2 Å². The van der Waals surface area contributed by atoms with Crippen molar-refractivity contribution in [2.24, 2.45) is 0 Å². The summed E-state index contributed by atoms with van der Waals surface area (Å²) in [7, 11) is 0. The second-order valence-corrected chi connectivity index (χ2v) is 5.99. The van der Waals surface area contributed by atoms with Gasteiger partial charge in [0.2, 0.25) is 0 Å². The van der Waals surface area contributed by atoms with Gasteiger partial charge in [-0.05, 0) is 25.1 Å². The normalized spacial score (nSPS) is 13.1. The molecule has 1 amide bonds. The number of fused-ring (bicyclic) bond motifs is 1. The van der Waals surface area contributed by atoms with E-state index in [1.54, 1.807) is 18.2 Å². The third kappa shape index (κ3) is 5.12. The molecule has 1 aliphatic rings. The molecule has 3 rings (SSSR count). The fraction of sp³-hybridized carbons (Fsp3) is 0.263. The van der Waals surface area contributed by atoms with Crippen LogP contribution in [0.2, 0.25) is 0 Å². The Morgan fingerprint density at radius 2 is 1.90 bits per heavy atom. The van der Waals surface area contributed by atoms with E-state index < -0.39 is 29.5 Å². The second-order valence-electron chi connectivity index (χ2n) is 5.99. The highest BCUT2D eigenvalue weighted by Gasteiger charge is 2.21. The first-order valence-electron chi connectivity index (χ1n) is 8.70. The van der Waals surface area contributed by atoms with E-state index >= 15 is 0 Å². The fourth-order valence-corrected chi connectivity index (χ4v) is 2.52. The van der Waals surface area contributed by atoms with Gasteiger partial charge in [0.1, 0.15) is 13.2 Å². The van der Waals surface area contributed by atoms with Gasteiger partial charge in [0.25, 0.3) is 5.91 Å². The number of amides is 1. The maximum Gasteiger partial charge on any atom is 0.344 e. The SMILES string of the molecule is C[C@H](OC(=O)COc1ccccc1[N+](=O)[O-])C(=O)Nc1ccc2c(c1)OCCO2. The van der Waals surface area contributed by atoms with Crippen LogP contribution in [-0.2, 0) is 14.3 Å². The number of nitro benzene ring substituents is 1. The topological polar surface area (TPSA) is 126 Å². The molecule has 1 N–H and O–H groups in total. The third-order valence-corrected chi connectivity index (χ3v) is 3.89. The zero-order chi connectivity index (χ0) is 20.8. The molecule has 10 heteroatoms. The van der Waals surface area contributed by atoms with Crippen molar-refractivity contribution in [1.29, 1.82) is 0 Å². The Labute approximate surface area is 165 Å². The number of nitro groups is 1. The molecular formula is C19H18N2O8. The van der Waals surface area contributed by atoms with E-state index in [-0.39, 0.29) is 11.4 Å². The van der Waals surface area contributed by atoms with Crippen molar-refractivity contribution in [2.75, 3.05) is 25.1 Å². The lowest BCUT2D eigenvalue weighted by molar-refractivity contribution is -0.385. The number of esters is 1. The van der Waals surface area contributed by atoms with Crippen molar-refractivity contribution in [3.8, 4) is 17.2 Å². The highest BCUT2D eigenvalue weighted by molar-refractivity contribution is 5.95. The fourth-order valence-electron chi connectivity index (χ4n) is 2.52. The van der Waals surface area contributed by atoms with Crippen molar-refractivity contribution in [2.45, 2.75) is 13.0 Å². The molecule has 1 heterocycles. The Bertz CT molecular complexity index is 930. The van der Waals surface area contributed by atoms with Crippen molar-refractivity contribution < 1.29 is 33.5 Å². The van der Waals surface area contributed by atoms with Gasteiger partial charge in [-0.2, -0.15) is 0 Å². The minimum atomic E-state index is -1.11. The molecule has 1 atom stereocenters. The van der Waals surface area contributed by atoms with Crippen molar-refractivity contribution in [1.82, 2.24) is 0 Å². The average Bonchev–Trinajstić information content (AvgIpc) is 2.72. The number of hydrogen-bond acceptors (Lipinski definition) is 8. The Kier molecular flexibility index (Phi) is 6.12. The molecule has 0 saturated carbocycles. The number of benzene rings is 2. The zero-order valence-corrected chi connectivity index (χ0v) is 15.5. The first-order valence-corrected chi connectivity index (χ1v) is 8.70. The predicted molar refractivity (Wildman–Crippen MR) is 100 cm³/mol. The maximum atomic E-state index is 12.2. The Morgan fingerprint density at radius 3 is 2.66 bits per heavy atom. The molecule has 29 heavy (non-hydrogen) atoms. The number of carbonyl (C=O) groups excluding carboxylic acids is 2. The number of carbonyl (C=O) groups is 2. The number of rotatable bonds is 7. The van der Waals surface area contributed by atoms with Crippen molar-refractivity contribution >= 4 is 23.3 Å². The molecule has 0 unspecified atom stereocenters. The van der Waals surface area contributed by atoms with E-state index in [0.29, 0.717) is 30.4 Å². The number of nitrogens with one attached hydrogen (secondary N) is 1. The van der Waals surface area contributed by atoms with Gasteiger partial charge in [-0.1, -0.05) is 12.1 Å². The molecule has 10 nitrogen and oxygen atoms in total. The summed E-state index contributed by atoms with van der Waals surface area (Å²) < 4.78 is 21.0. The van der Waals surface area contributed by atoms with Crippen LogP contribution in [0.25, 0.3) is 0 Å². The minimum Gasteiger partial charge on any atom is -0.486 e. The van der Waals surface area contributed by atoms with Crippen LogP contribution in [0.3, 0.4) is 0 Å². The molecule has 0 bridgehead atoms.